The van der Waals surface area contributed by atoms with Crippen LogP contribution in [-0.4, -0.2) is 11.9 Å². The molecule has 0 saturated heterocycles. The Bertz CT molecular complexity index is 390. The Morgan fingerprint density at radius 2 is 1.89 bits per heavy atom. The van der Waals surface area contributed by atoms with Crippen molar-refractivity contribution in [1.29, 1.82) is 0 Å². The lowest BCUT2D eigenvalue weighted by molar-refractivity contribution is 0.0938. The van der Waals surface area contributed by atoms with E-state index in [-0.39, 0.29) is 11.9 Å². The molecule has 18 heavy (non-hydrogen) atoms. The highest BCUT2D eigenvalue weighted by atomic mass is 35.5. The summed E-state index contributed by atoms with van der Waals surface area (Å²) in [4.78, 5) is 12.0. The van der Waals surface area contributed by atoms with Crippen LogP contribution in [0.4, 0.5) is 0 Å². The molecule has 0 heterocycles. The van der Waals surface area contributed by atoms with E-state index in [4.69, 9.17) is 11.6 Å². The first-order valence-electron chi connectivity index (χ1n) is 6.56. The molecule has 3 heteroatoms. The van der Waals surface area contributed by atoms with E-state index >= 15 is 0 Å². The van der Waals surface area contributed by atoms with Gasteiger partial charge in [-0.25, -0.2) is 0 Å². The van der Waals surface area contributed by atoms with Crippen molar-refractivity contribution in [2.75, 3.05) is 0 Å². The maximum atomic E-state index is 12.0. The molecule has 0 aromatic heterocycles. The third-order valence-corrected chi connectivity index (χ3v) is 3.24. The zero-order valence-electron chi connectivity index (χ0n) is 11.4. The summed E-state index contributed by atoms with van der Waals surface area (Å²) in [6.45, 7) is 6.47. The molecule has 0 bridgehead atoms. The van der Waals surface area contributed by atoms with Gasteiger partial charge in [0.05, 0.1) is 10.6 Å². The third-order valence-electron chi connectivity index (χ3n) is 2.91. The summed E-state index contributed by atoms with van der Waals surface area (Å²) in [5, 5.41) is 3.49. The van der Waals surface area contributed by atoms with E-state index in [1.807, 2.05) is 19.1 Å². The van der Waals surface area contributed by atoms with Crippen LogP contribution >= 0.6 is 11.6 Å². The lowest BCUT2D eigenvalue weighted by Crippen LogP contribution is -2.32. The second kappa shape index (κ2) is 7.42. The molecule has 0 unspecified atom stereocenters. The minimum atomic E-state index is -0.0855. The number of carbonyl (C=O) groups is 1. The highest BCUT2D eigenvalue weighted by Gasteiger charge is 2.12. The number of hydrogen-bond donors (Lipinski definition) is 1. The third kappa shape index (κ3) is 5.09. The summed E-state index contributed by atoms with van der Waals surface area (Å²) in [6, 6.07) is 7.32. The quantitative estimate of drug-likeness (QED) is 0.819. The molecule has 1 atom stereocenters. The van der Waals surface area contributed by atoms with E-state index in [1.165, 1.54) is 6.42 Å². The fourth-order valence-electron chi connectivity index (χ4n) is 1.85. The van der Waals surface area contributed by atoms with Crippen molar-refractivity contribution in [3.63, 3.8) is 0 Å². The lowest BCUT2D eigenvalue weighted by Gasteiger charge is -2.15. The van der Waals surface area contributed by atoms with E-state index in [0.717, 1.165) is 18.8 Å². The van der Waals surface area contributed by atoms with Crippen molar-refractivity contribution in [2.45, 2.75) is 46.1 Å². The van der Waals surface area contributed by atoms with Gasteiger partial charge >= 0.3 is 0 Å². The summed E-state index contributed by atoms with van der Waals surface area (Å²) in [7, 11) is 0. The molecule has 1 rings (SSSR count). The summed E-state index contributed by atoms with van der Waals surface area (Å²) < 4.78 is 0. The van der Waals surface area contributed by atoms with Gasteiger partial charge in [0.2, 0.25) is 0 Å². The zero-order chi connectivity index (χ0) is 13.5. The molecule has 0 radical (unpaired) electrons. The lowest BCUT2D eigenvalue weighted by atomic mass is 10.0. The molecule has 1 amide bonds. The summed E-state index contributed by atoms with van der Waals surface area (Å²) in [6.07, 6.45) is 3.35. The number of benzene rings is 1. The van der Waals surface area contributed by atoms with Crippen LogP contribution in [0.15, 0.2) is 24.3 Å². The maximum absolute atomic E-state index is 12.0. The average molecular weight is 268 g/mol. The van der Waals surface area contributed by atoms with Crippen molar-refractivity contribution >= 4 is 17.5 Å². The van der Waals surface area contributed by atoms with Gasteiger partial charge in [-0.2, -0.15) is 0 Å². The van der Waals surface area contributed by atoms with E-state index in [0.29, 0.717) is 10.6 Å². The molecule has 0 spiro atoms. The van der Waals surface area contributed by atoms with Crippen LogP contribution in [0.5, 0.6) is 0 Å². The van der Waals surface area contributed by atoms with Gasteiger partial charge < -0.3 is 5.32 Å². The molecule has 1 N–H and O–H groups in total. The highest BCUT2D eigenvalue weighted by Crippen LogP contribution is 2.15. The van der Waals surface area contributed by atoms with Gasteiger partial charge in [-0.1, -0.05) is 50.4 Å². The minimum Gasteiger partial charge on any atom is -0.350 e. The second-order valence-corrected chi connectivity index (χ2v) is 5.59. The number of amides is 1. The summed E-state index contributed by atoms with van der Waals surface area (Å²) in [5.74, 6) is 0.633. The van der Waals surface area contributed by atoms with Crippen LogP contribution < -0.4 is 5.32 Å². The van der Waals surface area contributed by atoms with Crippen LogP contribution in [0, 0.1) is 5.92 Å². The maximum Gasteiger partial charge on any atom is 0.252 e. The predicted molar refractivity (Wildman–Crippen MR) is 77.1 cm³/mol. The zero-order valence-corrected chi connectivity index (χ0v) is 12.1. The SMILES string of the molecule is CC(C)CCC[C@@H](C)NC(=O)c1ccccc1Cl. The number of hydrogen-bond acceptors (Lipinski definition) is 1. The largest absolute Gasteiger partial charge is 0.350 e. The van der Waals surface area contributed by atoms with Crippen molar-refractivity contribution < 1.29 is 4.79 Å². The fraction of sp³-hybridized carbons (Fsp3) is 0.533. The Morgan fingerprint density at radius 1 is 1.22 bits per heavy atom. The Balaban J connectivity index is 2.43. The Labute approximate surface area is 115 Å². The molecular formula is C15H22ClNO. The van der Waals surface area contributed by atoms with Crippen LogP contribution in [0.1, 0.15) is 50.4 Å². The van der Waals surface area contributed by atoms with Gasteiger partial charge in [-0.3, -0.25) is 4.79 Å². The molecule has 0 aliphatic heterocycles. The molecule has 100 valence electrons. The second-order valence-electron chi connectivity index (χ2n) is 5.18. The highest BCUT2D eigenvalue weighted by molar-refractivity contribution is 6.33. The van der Waals surface area contributed by atoms with Crippen molar-refractivity contribution in [1.82, 2.24) is 5.32 Å². The molecule has 1 aromatic rings. The van der Waals surface area contributed by atoms with Gasteiger partial charge in [0.15, 0.2) is 0 Å². The van der Waals surface area contributed by atoms with Crippen LogP contribution in [0.2, 0.25) is 5.02 Å². The number of nitrogens with one attached hydrogen (secondary N) is 1. The number of rotatable bonds is 6. The van der Waals surface area contributed by atoms with Gasteiger partial charge in [0.25, 0.3) is 5.91 Å². The Hall–Kier alpha value is -1.02. The molecule has 0 aliphatic carbocycles. The smallest absolute Gasteiger partial charge is 0.252 e. The number of carbonyl (C=O) groups excluding carboxylic acids is 1. The average Bonchev–Trinajstić information content (AvgIpc) is 2.28. The normalized spacial score (nSPS) is 12.5. The van der Waals surface area contributed by atoms with E-state index in [2.05, 4.69) is 19.2 Å². The van der Waals surface area contributed by atoms with Gasteiger partial charge in [-0.05, 0) is 31.4 Å². The first-order chi connectivity index (χ1) is 8.50. The van der Waals surface area contributed by atoms with Gasteiger partial charge in [0.1, 0.15) is 0 Å². The van der Waals surface area contributed by atoms with Crippen LogP contribution in [0.3, 0.4) is 0 Å². The topological polar surface area (TPSA) is 29.1 Å². The first-order valence-corrected chi connectivity index (χ1v) is 6.94. The number of halogens is 1. The molecule has 1 aromatic carbocycles. The summed E-state index contributed by atoms with van der Waals surface area (Å²) >= 11 is 5.99. The Morgan fingerprint density at radius 3 is 2.50 bits per heavy atom. The molecule has 0 fully saturated rings. The van der Waals surface area contributed by atoms with Crippen molar-refractivity contribution in [3.05, 3.63) is 34.9 Å². The van der Waals surface area contributed by atoms with Gasteiger partial charge in [-0.15, -0.1) is 0 Å². The monoisotopic (exact) mass is 267 g/mol. The molecule has 0 aliphatic rings. The van der Waals surface area contributed by atoms with E-state index < -0.39 is 0 Å². The molecular weight excluding hydrogens is 246 g/mol. The van der Waals surface area contributed by atoms with Crippen molar-refractivity contribution in [2.24, 2.45) is 5.92 Å². The molecule has 2 nitrogen and oxygen atoms in total. The van der Waals surface area contributed by atoms with E-state index in [1.54, 1.807) is 12.1 Å². The minimum absolute atomic E-state index is 0.0855. The fourth-order valence-corrected chi connectivity index (χ4v) is 2.07. The van der Waals surface area contributed by atoms with E-state index in [9.17, 15) is 4.79 Å². The Kier molecular flexibility index (Phi) is 6.20. The van der Waals surface area contributed by atoms with Crippen LogP contribution in [0.25, 0.3) is 0 Å². The van der Waals surface area contributed by atoms with Crippen molar-refractivity contribution in [3.8, 4) is 0 Å². The van der Waals surface area contributed by atoms with Gasteiger partial charge in [0, 0.05) is 6.04 Å². The van der Waals surface area contributed by atoms with Crippen LogP contribution in [-0.2, 0) is 0 Å². The first kappa shape index (κ1) is 15.0. The molecule has 0 saturated carbocycles. The predicted octanol–water partition coefficient (Wildman–Crippen LogP) is 4.28. The standard InChI is InChI=1S/C15H22ClNO/c1-11(2)7-6-8-12(3)17-15(18)13-9-4-5-10-14(13)16/h4-5,9-12H,6-8H2,1-3H3,(H,17,18)/t12-/m1/s1. The summed E-state index contributed by atoms with van der Waals surface area (Å²) in [5.41, 5.74) is 0.551.